The first-order valence-corrected chi connectivity index (χ1v) is 5.55. The minimum absolute atomic E-state index is 0.287. The zero-order chi connectivity index (χ0) is 12.5. The fraction of sp³-hybridized carbons (Fsp3) is 0.417. The first-order valence-electron chi connectivity index (χ1n) is 5.55. The molecule has 0 bridgehead atoms. The molecule has 0 spiro atoms. The average Bonchev–Trinajstić information content (AvgIpc) is 2.23. The third-order valence-electron chi connectivity index (χ3n) is 3.27. The van der Waals surface area contributed by atoms with Gasteiger partial charge in [-0.3, -0.25) is 4.79 Å². The lowest BCUT2D eigenvalue weighted by atomic mass is 9.76. The summed E-state index contributed by atoms with van der Waals surface area (Å²) in [6, 6.07) is 3.35. The lowest BCUT2D eigenvalue weighted by Crippen LogP contribution is -2.58. The highest BCUT2D eigenvalue weighted by molar-refractivity contribution is 5.95. The molecule has 1 saturated carbocycles. The average molecular weight is 240 g/mol. The Bertz CT molecular complexity index is 418. The van der Waals surface area contributed by atoms with Crippen molar-refractivity contribution in [1.82, 2.24) is 5.32 Å². The molecule has 0 aromatic heterocycles. The molecule has 1 aliphatic rings. The van der Waals surface area contributed by atoms with E-state index in [1.165, 1.54) is 6.07 Å². The Morgan fingerprint density at radius 1 is 1.35 bits per heavy atom. The van der Waals surface area contributed by atoms with Gasteiger partial charge < -0.3 is 11.1 Å². The van der Waals surface area contributed by atoms with Gasteiger partial charge in [-0.05, 0) is 31.4 Å². The van der Waals surface area contributed by atoms with E-state index in [-0.39, 0.29) is 6.54 Å². The van der Waals surface area contributed by atoms with Crippen molar-refractivity contribution in [2.75, 3.05) is 6.54 Å². The largest absolute Gasteiger partial charge is 0.345 e. The van der Waals surface area contributed by atoms with E-state index in [0.29, 0.717) is 0 Å². The molecule has 0 heterocycles. The Hall–Kier alpha value is -1.49. The standard InChI is InChI=1S/C12H14F2N2O/c13-8-3-1-4-9(14)10(8)11(17)16-12(7-15)5-2-6-12/h1,3-4H,2,5-7,15H2,(H,16,17). The number of rotatable bonds is 3. The SMILES string of the molecule is NCC1(NC(=O)c2c(F)cccc2F)CCC1. The molecule has 0 radical (unpaired) electrons. The lowest BCUT2D eigenvalue weighted by molar-refractivity contribution is 0.0829. The second-order valence-corrected chi connectivity index (χ2v) is 4.39. The van der Waals surface area contributed by atoms with Gasteiger partial charge in [0.05, 0.1) is 5.54 Å². The first kappa shape index (κ1) is 12.0. The van der Waals surface area contributed by atoms with Gasteiger partial charge in [0.15, 0.2) is 0 Å². The van der Waals surface area contributed by atoms with Gasteiger partial charge >= 0.3 is 0 Å². The number of nitrogens with one attached hydrogen (secondary N) is 1. The third-order valence-corrected chi connectivity index (χ3v) is 3.27. The molecule has 0 saturated heterocycles. The van der Waals surface area contributed by atoms with Gasteiger partial charge in [-0.25, -0.2) is 8.78 Å². The first-order chi connectivity index (χ1) is 8.08. The summed E-state index contributed by atoms with van der Waals surface area (Å²) >= 11 is 0. The van der Waals surface area contributed by atoms with Crippen LogP contribution in [0.4, 0.5) is 8.78 Å². The Balaban J connectivity index is 2.20. The minimum atomic E-state index is -0.853. The molecule has 1 fully saturated rings. The highest BCUT2D eigenvalue weighted by Gasteiger charge is 2.37. The molecule has 1 amide bonds. The highest BCUT2D eigenvalue weighted by Crippen LogP contribution is 2.31. The topological polar surface area (TPSA) is 55.1 Å². The van der Waals surface area contributed by atoms with Gasteiger partial charge in [-0.2, -0.15) is 0 Å². The second kappa shape index (κ2) is 4.41. The fourth-order valence-electron chi connectivity index (χ4n) is 2.00. The van der Waals surface area contributed by atoms with Crippen molar-refractivity contribution in [3.63, 3.8) is 0 Å². The summed E-state index contributed by atoms with van der Waals surface area (Å²) in [7, 11) is 0. The van der Waals surface area contributed by atoms with Gasteiger partial charge in [-0.1, -0.05) is 6.07 Å². The zero-order valence-electron chi connectivity index (χ0n) is 9.30. The van der Waals surface area contributed by atoms with E-state index in [1.807, 2.05) is 0 Å². The van der Waals surface area contributed by atoms with Crippen molar-refractivity contribution in [1.29, 1.82) is 0 Å². The molecule has 0 aliphatic heterocycles. The van der Waals surface area contributed by atoms with Crippen molar-refractivity contribution in [3.05, 3.63) is 35.4 Å². The highest BCUT2D eigenvalue weighted by atomic mass is 19.1. The molecule has 2 rings (SSSR count). The Kier molecular flexibility index (Phi) is 3.11. The number of benzene rings is 1. The molecule has 0 atom stereocenters. The van der Waals surface area contributed by atoms with Gasteiger partial charge in [0.25, 0.3) is 5.91 Å². The Labute approximate surface area is 98.0 Å². The maximum atomic E-state index is 13.4. The lowest BCUT2D eigenvalue weighted by Gasteiger charge is -2.41. The van der Waals surface area contributed by atoms with Crippen LogP contribution in [0.15, 0.2) is 18.2 Å². The fourth-order valence-corrected chi connectivity index (χ4v) is 2.00. The van der Waals surface area contributed by atoms with Gasteiger partial charge in [0.2, 0.25) is 0 Å². The van der Waals surface area contributed by atoms with E-state index in [1.54, 1.807) is 0 Å². The number of carbonyl (C=O) groups excluding carboxylic acids is 1. The van der Waals surface area contributed by atoms with E-state index >= 15 is 0 Å². The van der Waals surface area contributed by atoms with Gasteiger partial charge in [0, 0.05) is 6.54 Å². The van der Waals surface area contributed by atoms with Crippen molar-refractivity contribution < 1.29 is 13.6 Å². The summed E-state index contributed by atoms with van der Waals surface area (Å²) in [6.07, 6.45) is 2.48. The second-order valence-electron chi connectivity index (χ2n) is 4.39. The van der Waals surface area contributed by atoms with Crippen LogP contribution in [-0.4, -0.2) is 18.0 Å². The predicted molar refractivity (Wildman–Crippen MR) is 59.5 cm³/mol. The molecule has 1 aromatic rings. The maximum Gasteiger partial charge on any atom is 0.257 e. The number of carbonyl (C=O) groups is 1. The van der Waals surface area contributed by atoms with E-state index in [4.69, 9.17) is 5.73 Å². The summed E-state index contributed by atoms with van der Waals surface area (Å²) in [5, 5.41) is 2.63. The Morgan fingerprint density at radius 2 is 1.94 bits per heavy atom. The number of nitrogens with two attached hydrogens (primary N) is 1. The van der Waals surface area contributed by atoms with Crippen molar-refractivity contribution in [2.45, 2.75) is 24.8 Å². The maximum absolute atomic E-state index is 13.4. The minimum Gasteiger partial charge on any atom is -0.345 e. The third kappa shape index (κ3) is 2.15. The van der Waals surface area contributed by atoms with Crippen LogP contribution in [0.1, 0.15) is 29.6 Å². The number of hydrogen-bond donors (Lipinski definition) is 2. The molecule has 1 aliphatic carbocycles. The van der Waals surface area contributed by atoms with Crippen LogP contribution in [0, 0.1) is 11.6 Å². The number of halogens is 2. The van der Waals surface area contributed by atoms with Crippen LogP contribution in [0.3, 0.4) is 0 Å². The summed E-state index contributed by atoms with van der Waals surface area (Å²) in [5.41, 5.74) is 4.55. The number of hydrogen-bond acceptors (Lipinski definition) is 2. The van der Waals surface area contributed by atoms with Crippen LogP contribution in [0.2, 0.25) is 0 Å². The van der Waals surface area contributed by atoms with Crippen LogP contribution >= 0.6 is 0 Å². The van der Waals surface area contributed by atoms with Gasteiger partial charge in [0.1, 0.15) is 17.2 Å². The van der Waals surface area contributed by atoms with Crippen molar-refractivity contribution >= 4 is 5.91 Å². The smallest absolute Gasteiger partial charge is 0.257 e. The molecule has 92 valence electrons. The quantitative estimate of drug-likeness (QED) is 0.842. The molecule has 3 N–H and O–H groups in total. The zero-order valence-corrected chi connectivity index (χ0v) is 9.30. The van der Waals surface area contributed by atoms with E-state index in [0.717, 1.165) is 31.4 Å². The summed E-state index contributed by atoms with van der Waals surface area (Å²) in [4.78, 5) is 11.8. The molecule has 0 unspecified atom stereocenters. The van der Waals surface area contributed by atoms with Crippen molar-refractivity contribution in [3.8, 4) is 0 Å². The van der Waals surface area contributed by atoms with E-state index in [2.05, 4.69) is 5.32 Å². The van der Waals surface area contributed by atoms with Crippen LogP contribution < -0.4 is 11.1 Å². The summed E-state index contributed by atoms with van der Waals surface area (Å²) in [6.45, 7) is 0.287. The molecule has 1 aromatic carbocycles. The predicted octanol–water partition coefficient (Wildman–Crippen LogP) is 1.58. The molecular weight excluding hydrogens is 226 g/mol. The molecule has 3 nitrogen and oxygen atoms in total. The monoisotopic (exact) mass is 240 g/mol. The van der Waals surface area contributed by atoms with Crippen LogP contribution in [0.5, 0.6) is 0 Å². The molecular formula is C12H14F2N2O. The van der Waals surface area contributed by atoms with Crippen LogP contribution in [-0.2, 0) is 0 Å². The summed E-state index contributed by atoms with van der Waals surface area (Å²) in [5.74, 6) is -2.44. The normalized spacial score (nSPS) is 17.4. The van der Waals surface area contributed by atoms with E-state index in [9.17, 15) is 13.6 Å². The molecule has 5 heteroatoms. The van der Waals surface area contributed by atoms with Crippen LogP contribution in [0.25, 0.3) is 0 Å². The van der Waals surface area contributed by atoms with Crippen molar-refractivity contribution in [2.24, 2.45) is 5.73 Å². The van der Waals surface area contributed by atoms with Gasteiger partial charge in [-0.15, -0.1) is 0 Å². The summed E-state index contributed by atoms with van der Waals surface area (Å²) < 4.78 is 26.7. The Morgan fingerprint density at radius 3 is 2.35 bits per heavy atom. The van der Waals surface area contributed by atoms with E-state index < -0.39 is 28.6 Å². The molecule has 17 heavy (non-hydrogen) atoms. The number of amides is 1.